The summed E-state index contributed by atoms with van der Waals surface area (Å²) < 4.78 is 72.3. The van der Waals surface area contributed by atoms with Crippen molar-refractivity contribution < 1.29 is 31.1 Å². The molecule has 206 valence electrons. The first-order valence-electron chi connectivity index (χ1n) is 12.0. The highest BCUT2D eigenvalue weighted by molar-refractivity contribution is 7.89. The lowest BCUT2D eigenvalue weighted by molar-refractivity contribution is -0.137. The first-order chi connectivity index (χ1) is 17.0. The van der Waals surface area contributed by atoms with Gasteiger partial charge < -0.3 is 15.8 Å². The van der Waals surface area contributed by atoms with Crippen LogP contribution in [0.2, 0.25) is 0 Å². The number of nitrogens with two attached hydrogens (primary N) is 1. The fraction of sp³-hybridized carbons (Fsp3) is 0.500. The number of alkyl halides is 3. The van der Waals surface area contributed by atoms with E-state index >= 15 is 0 Å². The van der Waals surface area contributed by atoms with Crippen LogP contribution in [0.15, 0.2) is 59.5 Å². The molecule has 2 aromatic carbocycles. The Hall–Kier alpha value is -2.63. The van der Waals surface area contributed by atoms with E-state index in [1.165, 1.54) is 0 Å². The van der Waals surface area contributed by atoms with E-state index in [2.05, 4.69) is 5.32 Å². The van der Waals surface area contributed by atoms with Crippen molar-refractivity contribution in [3.8, 4) is 0 Å². The second kappa shape index (κ2) is 12.3. The summed E-state index contributed by atoms with van der Waals surface area (Å²) in [5, 5.41) is 2.76. The summed E-state index contributed by atoms with van der Waals surface area (Å²) in [4.78, 5) is 12.3. The number of alkyl carbamates (subject to hydrolysis) is 1. The van der Waals surface area contributed by atoms with Crippen molar-refractivity contribution in [2.45, 2.75) is 69.8 Å². The molecule has 2 rings (SSSR count). The number of hydrogen-bond donors (Lipinski definition) is 2. The summed E-state index contributed by atoms with van der Waals surface area (Å²) in [5.74, 6) is -0.0946. The number of sulfonamides is 1. The molecule has 0 heterocycles. The second-order valence-corrected chi connectivity index (χ2v) is 12.3. The van der Waals surface area contributed by atoms with Gasteiger partial charge in [-0.3, -0.25) is 0 Å². The maximum atomic E-state index is 13.4. The monoisotopic (exact) mass is 543 g/mol. The molecule has 37 heavy (non-hydrogen) atoms. The zero-order valence-electron chi connectivity index (χ0n) is 21.7. The first-order valence-corrected chi connectivity index (χ1v) is 13.4. The zero-order valence-corrected chi connectivity index (χ0v) is 22.6. The topological polar surface area (TPSA) is 102 Å². The van der Waals surface area contributed by atoms with Gasteiger partial charge in [-0.2, -0.15) is 17.5 Å². The molecule has 11 heteroatoms. The predicted molar refractivity (Wildman–Crippen MR) is 136 cm³/mol. The van der Waals surface area contributed by atoms with E-state index in [-0.39, 0.29) is 23.9 Å². The van der Waals surface area contributed by atoms with Crippen LogP contribution in [0.5, 0.6) is 0 Å². The molecular formula is C26H36F3N3O4S. The van der Waals surface area contributed by atoms with Gasteiger partial charge >= 0.3 is 12.3 Å². The Labute approximate surface area is 217 Å². The molecular weight excluding hydrogens is 507 g/mol. The van der Waals surface area contributed by atoms with E-state index in [1.807, 2.05) is 44.2 Å². The van der Waals surface area contributed by atoms with Crippen molar-refractivity contribution in [2.75, 3.05) is 13.1 Å². The fourth-order valence-corrected chi connectivity index (χ4v) is 5.28. The van der Waals surface area contributed by atoms with Crippen molar-refractivity contribution >= 4 is 16.1 Å². The van der Waals surface area contributed by atoms with Gasteiger partial charge in [-0.1, -0.05) is 44.2 Å². The molecule has 0 radical (unpaired) electrons. The van der Waals surface area contributed by atoms with Gasteiger partial charge in [0.05, 0.1) is 16.5 Å². The van der Waals surface area contributed by atoms with Crippen LogP contribution in [0.3, 0.4) is 0 Å². The molecule has 0 saturated carbocycles. The summed E-state index contributed by atoms with van der Waals surface area (Å²) in [5.41, 5.74) is 5.67. The van der Waals surface area contributed by atoms with E-state index in [0.29, 0.717) is 6.42 Å². The van der Waals surface area contributed by atoms with Crippen molar-refractivity contribution in [2.24, 2.45) is 11.7 Å². The number of nitrogens with zero attached hydrogens (tertiary/aromatic N) is 1. The molecule has 0 spiro atoms. The lowest BCUT2D eigenvalue weighted by Gasteiger charge is -2.32. The largest absolute Gasteiger partial charge is 0.444 e. The smallest absolute Gasteiger partial charge is 0.416 e. The molecule has 3 N–H and O–H groups in total. The number of rotatable bonds is 10. The maximum Gasteiger partial charge on any atom is 0.416 e. The van der Waals surface area contributed by atoms with Gasteiger partial charge in [0.1, 0.15) is 5.60 Å². The molecule has 0 aliphatic rings. The Morgan fingerprint density at radius 3 is 2.05 bits per heavy atom. The van der Waals surface area contributed by atoms with Gasteiger partial charge in [0, 0.05) is 19.1 Å². The molecule has 0 aromatic heterocycles. The molecule has 2 atom stereocenters. The standard InChI is InChI=1S/C26H36F3N3O4S/c1-18(2)16-32(37(34,35)21-13-11-20(12-14-21)26(27,28)29)17-22(30)23(15-19-9-7-6-8-10-19)31-24(33)36-25(3,4)5/h6-14,18,22-23H,15-17,30H2,1-5H3,(H,31,33)/t22-,23+/m1/s1. The van der Waals surface area contributed by atoms with Crippen LogP contribution >= 0.6 is 0 Å². The van der Waals surface area contributed by atoms with E-state index in [1.54, 1.807) is 20.8 Å². The molecule has 0 aliphatic heterocycles. The summed E-state index contributed by atoms with van der Waals surface area (Å²) in [6.07, 6.45) is -4.96. The highest BCUT2D eigenvalue weighted by Crippen LogP contribution is 2.30. The maximum absolute atomic E-state index is 13.4. The van der Waals surface area contributed by atoms with Gasteiger partial charge in [0.15, 0.2) is 0 Å². The second-order valence-electron chi connectivity index (χ2n) is 10.3. The van der Waals surface area contributed by atoms with Crippen LogP contribution in [0.1, 0.15) is 45.7 Å². The molecule has 0 bridgehead atoms. The van der Waals surface area contributed by atoms with Crippen LogP contribution in [0.4, 0.5) is 18.0 Å². The first kappa shape index (κ1) is 30.6. The third-order valence-electron chi connectivity index (χ3n) is 5.32. The minimum absolute atomic E-state index is 0.0849. The molecule has 0 unspecified atom stereocenters. The Kier molecular flexibility index (Phi) is 10.2. The average molecular weight is 544 g/mol. The third-order valence-corrected chi connectivity index (χ3v) is 7.17. The minimum atomic E-state index is -4.58. The zero-order chi connectivity index (χ0) is 28.0. The van der Waals surface area contributed by atoms with Crippen LogP contribution < -0.4 is 11.1 Å². The molecule has 0 fully saturated rings. The molecule has 0 saturated heterocycles. The lowest BCUT2D eigenvalue weighted by atomic mass is 9.99. The SMILES string of the molecule is CC(C)CN(C[C@@H](N)[C@H](Cc1ccccc1)NC(=O)OC(C)(C)C)S(=O)(=O)c1ccc(C(F)(F)F)cc1. The third kappa shape index (κ3) is 9.64. The Bertz CT molecular complexity index is 1120. The Morgan fingerprint density at radius 2 is 1.57 bits per heavy atom. The average Bonchev–Trinajstić information content (AvgIpc) is 2.76. The minimum Gasteiger partial charge on any atom is -0.444 e. The lowest BCUT2D eigenvalue weighted by Crippen LogP contribution is -2.55. The summed E-state index contributed by atoms with van der Waals surface area (Å²) in [6, 6.07) is 11.1. The van der Waals surface area contributed by atoms with Crippen LogP contribution in [-0.2, 0) is 27.4 Å². The fourth-order valence-electron chi connectivity index (χ4n) is 3.64. The van der Waals surface area contributed by atoms with Crippen molar-refractivity contribution in [3.05, 3.63) is 65.7 Å². The van der Waals surface area contributed by atoms with Crippen molar-refractivity contribution in [1.82, 2.24) is 9.62 Å². The van der Waals surface area contributed by atoms with Crippen LogP contribution in [0, 0.1) is 5.92 Å². The molecule has 7 nitrogen and oxygen atoms in total. The number of halogens is 3. The number of ether oxygens (including phenoxy) is 1. The van der Waals surface area contributed by atoms with Gasteiger partial charge in [0.2, 0.25) is 10.0 Å². The van der Waals surface area contributed by atoms with Crippen molar-refractivity contribution in [1.29, 1.82) is 0 Å². The van der Waals surface area contributed by atoms with E-state index in [4.69, 9.17) is 10.5 Å². The number of hydrogen-bond acceptors (Lipinski definition) is 5. The summed E-state index contributed by atoms with van der Waals surface area (Å²) in [7, 11) is -4.18. The number of carbonyl (C=O) groups is 1. The quantitative estimate of drug-likeness (QED) is 0.448. The van der Waals surface area contributed by atoms with Gasteiger partial charge in [-0.05, 0) is 62.9 Å². The van der Waals surface area contributed by atoms with E-state index < -0.39 is 45.5 Å². The number of benzene rings is 2. The molecule has 2 aromatic rings. The highest BCUT2D eigenvalue weighted by atomic mass is 32.2. The van der Waals surface area contributed by atoms with Gasteiger partial charge in [-0.25, -0.2) is 13.2 Å². The Morgan fingerprint density at radius 1 is 1.00 bits per heavy atom. The normalized spacial score (nSPS) is 14.5. The predicted octanol–water partition coefficient (Wildman–Crippen LogP) is 4.82. The van der Waals surface area contributed by atoms with Crippen LogP contribution in [0.25, 0.3) is 0 Å². The van der Waals surface area contributed by atoms with E-state index in [0.717, 1.165) is 34.1 Å². The summed E-state index contributed by atoms with van der Waals surface area (Å²) in [6.45, 7) is 8.72. The summed E-state index contributed by atoms with van der Waals surface area (Å²) >= 11 is 0. The highest BCUT2D eigenvalue weighted by Gasteiger charge is 2.33. The van der Waals surface area contributed by atoms with Gasteiger partial charge in [0.25, 0.3) is 0 Å². The number of amides is 1. The molecule has 1 amide bonds. The number of carbonyl (C=O) groups excluding carboxylic acids is 1. The van der Waals surface area contributed by atoms with Crippen LogP contribution in [-0.4, -0.2) is 49.6 Å². The van der Waals surface area contributed by atoms with Gasteiger partial charge in [-0.15, -0.1) is 0 Å². The number of nitrogens with one attached hydrogen (secondary N) is 1. The molecule has 0 aliphatic carbocycles. The van der Waals surface area contributed by atoms with E-state index in [9.17, 15) is 26.4 Å². The van der Waals surface area contributed by atoms with Crippen molar-refractivity contribution in [3.63, 3.8) is 0 Å². The Balaban J connectivity index is 2.34.